The Bertz CT molecular complexity index is 357. The van der Waals surface area contributed by atoms with Crippen LogP contribution in [-0.4, -0.2) is 23.5 Å². The first-order valence-electron chi connectivity index (χ1n) is 5.83. The van der Waals surface area contributed by atoms with E-state index in [0.29, 0.717) is 6.54 Å². The normalized spacial score (nSPS) is 13.2. The number of aromatic nitrogens is 1. The molecule has 1 atom stereocenters. The monoisotopic (exact) mass is 235 g/mol. The molecule has 0 radical (unpaired) electrons. The standard InChI is InChI=1S/C13H21N3O/c1-13(2,3)11(14)12(17)16-8-6-10-5-4-7-15-9-10/h4-5,7,9,11H,6,8,14H2,1-3H3,(H,16,17). The van der Waals surface area contributed by atoms with Gasteiger partial charge in [0, 0.05) is 18.9 Å². The van der Waals surface area contributed by atoms with Gasteiger partial charge in [-0.1, -0.05) is 26.8 Å². The lowest BCUT2D eigenvalue weighted by Crippen LogP contribution is -2.48. The van der Waals surface area contributed by atoms with Crippen molar-refractivity contribution >= 4 is 5.91 Å². The smallest absolute Gasteiger partial charge is 0.237 e. The van der Waals surface area contributed by atoms with Crippen molar-refractivity contribution in [3.8, 4) is 0 Å². The van der Waals surface area contributed by atoms with E-state index in [4.69, 9.17) is 5.73 Å². The molecule has 0 aromatic carbocycles. The summed E-state index contributed by atoms with van der Waals surface area (Å²) >= 11 is 0. The summed E-state index contributed by atoms with van der Waals surface area (Å²) in [5.74, 6) is -0.0959. The van der Waals surface area contributed by atoms with Crippen LogP contribution in [0.2, 0.25) is 0 Å². The molecule has 0 aliphatic heterocycles. The number of carbonyl (C=O) groups excluding carboxylic acids is 1. The van der Waals surface area contributed by atoms with E-state index < -0.39 is 6.04 Å². The fourth-order valence-corrected chi connectivity index (χ4v) is 1.38. The minimum Gasteiger partial charge on any atom is -0.354 e. The first kappa shape index (κ1) is 13.6. The summed E-state index contributed by atoms with van der Waals surface area (Å²) < 4.78 is 0. The number of amides is 1. The number of nitrogens with zero attached hydrogens (tertiary/aromatic N) is 1. The maximum atomic E-state index is 11.7. The molecule has 4 heteroatoms. The Hall–Kier alpha value is -1.42. The number of hydrogen-bond donors (Lipinski definition) is 2. The van der Waals surface area contributed by atoms with E-state index in [0.717, 1.165) is 12.0 Å². The molecule has 94 valence electrons. The van der Waals surface area contributed by atoms with Crippen LogP contribution in [-0.2, 0) is 11.2 Å². The van der Waals surface area contributed by atoms with Crippen molar-refractivity contribution in [2.45, 2.75) is 33.2 Å². The van der Waals surface area contributed by atoms with Gasteiger partial charge in [-0.25, -0.2) is 0 Å². The highest BCUT2D eigenvalue weighted by Crippen LogP contribution is 2.16. The Morgan fingerprint density at radius 2 is 2.24 bits per heavy atom. The zero-order valence-electron chi connectivity index (χ0n) is 10.7. The second kappa shape index (κ2) is 5.77. The van der Waals surface area contributed by atoms with E-state index in [2.05, 4.69) is 10.3 Å². The third-order valence-electron chi connectivity index (χ3n) is 2.65. The number of pyridine rings is 1. The average Bonchev–Trinajstić information content (AvgIpc) is 2.28. The Labute approximate surface area is 103 Å². The van der Waals surface area contributed by atoms with Gasteiger partial charge in [0.15, 0.2) is 0 Å². The van der Waals surface area contributed by atoms with Gasteiger partial charge in [-0.3, -0.25) is 9.78 Å². The van der Waals surface area contributed by atoms with Gasteiger partial charge in [-0.15, -0.1) is 0 Å². The highest BCUT2D eigenvalue weighted by atomic mass is 16.2. The van der Waals surface area contributed by atoms with E-state index in [1.165, 1.54) is 0 Å². The molecule has 1 heterocycles. The van der Waals surface area contributed by atoms with Crippen LogP contribution < -0.4 is 11.1 Å². The van der Waals surface area contributed by atoms with E-state index in [-0.39, 0.29) is 11.3 Å². The van der Waals surface area contributed by atoms with Gasteiger partial charge in [0.25, 0.3) is 0 Å². The van der Waals surface area contributed by atoms with Gasteiger partial charge >= 0.3 is 0 Å². The van der Waals surface area contributed by atoms with E-state index >= 15 is 0 Å². The van der Waals surface area contributed by atoms with Crippen LogP contribution >= 0.6 is 0 Å². The summed E-state index contributed by atoms with van der Waals surface area (Å²) in [6.45, 7) is 6.46. The summed E-state index contributed by atoms with van der Waals surface area (Å²) in [6.07, 6.45) is 4.31. The van der Waals surface area contributed by atoms with Crippen molar-refractivity contribution < 1.29 is 4.79 Å². The van der Waals surface area contributed by atoms with E-state index in [1.54, 1.807) is 12.4 Å². The maximum absolute atomic E-state index is 11.7. The van der Waals surface area contributed by atoms with Gasteiger partial charge in [-0.05, 0) is 23.5 Å². The predicted molar refractivity (Wildman–Crippen MR) is 68.4 cm³/mol. The van der Waals surface area contributed by atoms with Gasteiger partial charge in [0.2, 0.25) is 5.91 Å². The molecule has 1 aromatic heterocycles. The molecule has 0 fully saturated rings. The first-order chi connectivity index (χ1) is 7.91. The molecule has 0 bridgehead atoms. The quantitative estimate of drug-likeness (QED) is 0.821. The van der Waals surface area contributed by atoms with Crippen molar-refractivity contribution in [3.63, 3.8) is 0 Å². The highest BCUT2D eigenvalue weighted by Gasteiger charge is 2.26. The molecule has 1 aromatic rings. The van der Waals surface area contributed by atoms with Gasteiger partial charge in [0.1, 0.15) is 0 Å². The van der Waals surface area contributed by atoms with Crippen LogP contribution in [0.25, 0.3) is 0 Å². The van der Waals surface area contributed by atoms with Crippen LogP contribution in [0, 0.1) is 5.41 Å². The molecule has 1 amide bonds. The summed E-state index contributed by atoms with van der Waals surface area (Å²) in [7, 11) is 0. The first-order valence-corrected chi connectivity index (χ1v) is 5.83. The molecule has 0 saturated carbocycles. The number of hydrogen-bond acceptors (Lipinski definition) is 3. The Balaban J connectivity index is 2.35. The number of nitrogens with two attached hydrogens (primary N) is 1. The third-order valence-corrected chi connectivity index (χ3v) is 2.65. The van der Waals surface area contributed by atoms with Crippen molar-refractivity contribution in [2.75, 3.05) is 6.54 Å². The minimum atomic E-state index is -0.476. The highest BCUT2D eigenvalue weighted by molar-refractivity contribution is 5.82. The average molecular weight is 235 g/mol. The molecular formula is C13H21N3O. The fraction of sp³-hybridized carbons (Fsp3) is 0.538. The molecule has 1 rings (SSSR count). The zero-order valence-corrected chi connectivity index (χ0v) is 10.7. The molecule has 0 aliphatic rings. The number of carbonyl (C=O) groups is 1. The van der Waals surface area contributed by atoms with Crippen molar-refractivity contribution in [1.82, 2.24) is 10.3 Å². The van der Waals surface area contributed by atoms with Crippen LogP contribution in [0.5, 0.6) is 0 Å². The van der Waals surface area contributed by atoms with Crippen molar-refractivity contribution in [3.05, 3.63) is 30.1 Å². The van der Waals surface area contributed by atoms with Gasteiger partial charge in [-0.2, -0.15) is 0 Å². The summed E-state index contributed by atoms with van der Waals surface area (Å²) in [6, 6.07) is 3.40. The van der Waals surface area contributed by atoms with Crippen molar-refractivity contribution in [1.29, 1.82) is 0 Å². The van der Waals surface area contributed by atoms with Crippen LogP contribution in [0.4, 0.5) is 0 Å². The zero-order chi connectivity index (χ0) is 12.9. The van der Waals surface area contributed by atoms with Crippen LogP contribution in [0.3, 0.4) is 0 Å². The minimum absolute atomic E-state index is 0.0959. The summed E-state index contributed by atoms with van der Waals surface area (Å²) in [4.78, 5) is 15.7. The molecule has 0 saturated heterocycles. The predicted octanol–water partition coefficient (Wildman–Crippen LogP) is 1.11. The Morgan fingerprint density at radius 1 is 1.53 bits per heavy atom. The van der Waals surface area contributed by atoms with Crippen molar-refractivity contribution in [2.24, 2.45) is 11.1 Å². The number of nitrogens with one attached hydrogen (secondary N) is 1. The summed E-state index contributed by atoms with van der Waals surface area (Å²) in [5.41, 5.74) is 6.75. The fourth-order valence-electron chi connectivity index (χ4n) is 1.38. The second-order valence-electron chi connectivity index (χ2n) is 5.25. The molecule has 3 N–H and O–H groups in total. The summed E-state index contributed by atoms with van der Waals surface area (Å²) in [5, 5.41) is 2.85. The lowest BCUT2D eigenvalue weighted by molar-refractivity contribution is -0.124. The lowest BCUT2D eigenvalue weighted by atomic mass is 9.87. The second-order valence-corrected chi connectivity index (χ2v) is 5.25. The molecule has 17 heavy (non-hydrogen) atoms. The van der Waals surface area contributed by atoms with E-state index in [9.17, 15) is 4.79 Å². The van der Waals surface area contributed by atoms with E-state index in [1.807, 2.05) is 32.9 Å². The van der Waals surface area contributed by atoms with Gasteiger partial charge < -0.3 is 11.1 Å². The topological polar surface area (TPSA) is 68.0 Å². The van der Waals surface area contributed by atoms with Gasteiger partial charge in [0.05, 0.1) is 6.04 Å². The molecule has 1 unspecified atom stereocenters. The molecule has 4 nitrogen and oxygen atoms in total. The Kier molecular flexibility index (Phi) is 4.63. The maximum Gasteiger partial charge on any atom is 0.237 e. The van der Waals surface area contributed by atoms with Crippen LogP contribution in [0.1, 0.15) is 26.3 Å². The van der Waals surface area contributed by atoms with Crippen LogP contribution in [0.15, 0.2) is 24.5 Å². The Morgan fingerprint density at radius 3 is 2.76 bits per heavy atom. The molecule has 0 aliphatic carbocycles. The SMILES string of the molecule is CC(C)(C)C(N)C(=O)NCCc1cccnc1. The molecule has 0 spiro atoms. The number of rotatable bonds is 4. The lowest BCUT2D eigenvalue weighted by Gasteiger charge is -2.25. The largest absolute Gasteiger partial charge is 0.354 e. The third kappa shape index (κ3) is 4.53. The molecular weight excluding hydrogens is 214 g/mol.